The smallest absolute Gasteiger partial charge is 0.406 e. The third-order valence-electron chi connectivity index (χ3n) is 2.34. The zero-order valence-electron chi connectivity index (χ0n) is 8.84. The summed E-state index contributed by atoms with van der Waals surface area (Å²) in [6.45, 7) is 0. The molecule has 0 saturated heterocycles. The molecule has 96 valence electrons. The highest BCUT2D eigenvalue weighted by atomic mass is 19.4. The van der Waals surface area contributed by atoms with Crippen molar-refractivity contribution in [3.8, 4) is 5.75 Å². The first-order valence-corrected chi connectivity index (χ1v) is 4.93. The molecule has 0 aliphatic carbocycles. The van der Waals surface area contributed by atoms with E-state index in [-0.39, 0.29) is 10.8 Å². The lowest BCUT2D eigenvalue weighted by Crippen LogP contribution is -2.17. The van der Waals surface area contributed by atoms with Gasteiger partial charge >= 0.3 is 6.36 Å². The Morgan fingerprint density at radius 2 is 1.67 bits per heavy atom. The van der Waals surface area contributed by atoms with Crippen LogP contribution >= 0.6 is 0 Å². The zero-order chi connectivity index (χ0) is 13.3. The maximum Gasteiger partial charge on any atom is 0.573 e. The molecule has 0 bridgehead atoms. The molecule has 18 heavy (non-hydrogen) atoms. The third kappa shape index (κ3) is 2.69. The summed E-state index contributed by atoms with van der Waals surface area (Å²) in [6.07, 6.45) is -7.77. The Bertz CT molecular complexity index is 562. The van der Waals surface area contributed by atoms with E-state index in [2.05, 4.69) is 4.74 Å². The summed E-state index contributed by atoms with van der Waals surface area (Å²) in [5, 5.41) is 0.483. The topological polar surface area (TPSA) is 9.23 Å². The summed E-state index contributed by atoms with van der Waals surface area (Å²) in [6, 6.07) is 7.75. The molecule has 0 aromatic heterocycles. The van der Waals surface area contributed by atoms with Crippen LogP contribution in [-0.2, 0) is 0 Å². The number of hydrogen-bond donors (Lipinski definition) is 0. The van der Waals surface area contributed by atoms with Crippen LogP contribution in [0.1, 0.15) is 12.0 Å². The molecule has 0 N–H and O–H groups in total. The quantitative estimate of drug-likeness (QED) is 0.714. The van der Waals surface area contributed by atoms with Crippen molar-refractivity contribution in [1.29, 1.82) is 0 Å². The molecule has 0 heterocycles. The van der Waals surface area contributed by atoms with Crippen LogP contribution < -0.4 is 4.74 Å². The summed E-state index contributed by atoms with van der Waals surface area (Å²) >= 11 is 0. The molecule has 0 fully saturated rings. The monoisotopic (exact) mass is 262 g/mol. The van der Waals surface area contributed by atoms with E-state index in [0.717, 1.165) is 6.07 Å². The normalized spacial score (nSPS) is 12.1. The molecule has 2 aromatic rings. The first-order chi connectivity index (χ1) is 8.37. The van der Waals surface area contributed by atoms with Gasteiger partial charge in [0, 0.05) is 5.56 Å². The summed E-state index contributed by atoms with van der Waals surface area (Å²) in [5.74, 6) is -0.642. The fourth-order valence-electron chi connectivity index (χ4n) is 1.68. The van der Waals surface area contributed by atoms with Gasteiger partial charge in [-0.25, -0.2) is 8.78 Å². The molecule has 2 aromatic carbocycles. The van der Waals surface area contributed by atoms with Crippen LogP contribution in [0.2, 0.25) is 0 Å². The summed E-state index contributed by atoms with van der Waals surface area (Å²) in [4.78, 5) is 0. The molecule has 0 aliphatic heterocycles. The number of halogens is 5. The van der Waals surface area contributed by atoms with Crippen molar-refractivity contribution in [2.24, 2.45) is 0 Å². The Balaban J connectivity index is 2.57. The zero-order valence-corrected chi connectivity index (χ0v) is 8.84. The average molecular weight is 262 g/mol. The molecule has 6 heteroatoms. The Labute approximate surface area is 98.8 Å². The number of fused-ring (bicyclic) bond motifs is 1. The van der Waals surface area contributed by atoms with Crippen LogP contribution in [0.25, 0.3) is 10.8 Å². The van der Waals surface area contributed by atoms with E-state index in [1.54, 1.807) is 12.1 Å². The molecule has 0 atom stereocenters. The molecule has 2 rings (SSSR count). The van der Waals surface area contributed by atoms with Crippen molar-refractivity contribution < 1.29 is 26.7 Å². The Kier molecular flexibility index (Phi) is 3.11. The second-order valence-electron chi connectivity index (χ2n) is 3.58. The minimum absolute atomic E-state index is 0.210. The van der Waals surface area contributed by atoms with Crippen LogP contribution in [0.15, 0.2) is 36.4 Å². The highest BCUT2D eigenvalue weighted by Crippen LogP contribution is 2.34. The Morgan fingerprint density at radius 1 is 1.00 bits per heavy atom. The van der Waals surface area contributed by atoms with Gasteiger partial charge in [0.15, 0.2) is 0 Å². The lowest BCUT2D eigenvalue weighted by atomic mass is 10.0. The van der Waals surface area contributed by atoms with Crippen LogP contribution in [0.4, 0.5) is 22.0 Å². The van der Waals surface area contributed by atoms with Gasteiger partial charge < -0.3 is 4.74 Å². The van der Waals surface area contributed by atoms with Gasteiger partial charge in [0.25, 0.3) is 6.43 Å². The molecule has 0 unspecified atom stereocenters. The lowest BCUT2D eigenvalue weighted by molar-refractivity contribution is -0.274. The number of alkyl halides is 5. The number of ether oxygens (including phenoxy) is 1. The third-order valence-corrected chi connectivity index (χ3v) is 2.34. The van der Waals surface area contributed by atoms with E-state index in [1.807, 2.05) is 0 Å². The molecule has 0 radical (unpaired) electrons. The minimum atomic E-state index is -4.90. The second-order valence-corrected chi connectivity index (χ2v) is 3.58. The van der Waals surface area contributed by atoms with Gasteiger partial charge in [-0.3, -0.25) is 0 Å². The van der Waals surface area contributed by atoms with Crippen molar-refractivity contribution in [3.05, 3.63) is 42.0 Å². The van der Waals surface area contributed by atoms with Gasteiger partial charge in [-0.1, -0.05) is 24.3 Å². The maximum absolute atomic E-state index is 12.8. The van der Waals surface area contributed by atoms with E-state index < -0.39 is 24.1 Å². The van der Waals surface area contributed by atoms with Gasteiger partial charge in [0.2, 0.25) is 0 Å². The Morgan fingerprint density at radius 3 is 2.28 bits per heavy atom. The van der Waals surface area contributed by atoms with Crippen molar-refractivity contribution in [3.63, 3.8) is 0 Å². The van der Waals surface area contributed by atoms with Crippen LogP contribution in [-0.4, -0.2) is 6.36 Å². The van der Waals surface area contributed by atoms with Crippen molar-refractivity contribution in [2.75, 3.05) is 0 Å². The van der Waals surface area contributed by atoms with Gasteiger partial charge in [-0.15, -0.1) is 13.2 Å². The van der Waals surface area contributed by atoms with E-state index in [0.29, 0.717) is 6.07 Å². The second kappa shape index (κ2) is 4.44. The molecule has 0 saturated carbocycles. The van der Waals surface area contributed by atoms with E-state index in [1.165, 1.54) is 12.1 Å². The SMILES string of the molecule is FC(F)c1cc(OC(F)(F)F)cc2ccccc12. The fourth-order valence-corrected chi connectivity index (χ4v) is 1.68. The fraction of sp³-hybridized carbons (Fsp3) is 0.167. The van der Waals surface area contributed by atoms with Gasteiger partial charge in [0.1, 0.15) is 5.75 Å². The van der Waals surface area contributed by atoms with Crippen LogP contribution in [0.5, 0.6) is 5.75 Å². The first kappa shape index (κ1) is 12.6. The van der Waals surface area contributed by atoms with Crippen molar-refractivity contribution in [1.82, 2.24) is 0 Å². The van der Waals surface area contributed by atoms with Gasteiger partial charge in [0.05, 0.1) is 0 Å². The highest BCUT2D eigenvalue weighted by Gasteiger charge is 2.31. The lowest BCUT2D eigenvalue weighted by Gasteiger charge is -2.12. The number of rotatable bonds is 2. The maximum atomic E-state index is 12.8. The number of benzene rings is 2. The molecular formula is C12H7F5O. The van der Waals surface area contributed by atoms with E-state index >= 15 is 0 Å². The summed E-state index contributed by atoms with van der Waals surface area (Å²) in [5.41, 5.74) is -0.479. The molecule has 0 spiro atoms. The summed E-state index contributed by atoms with van der Waals surface area (Å²) in [7, 11) is 0. The van der Waals surface area contributed by atoms with Crippen LogP contribution in [0, 0.1) is 0 Å². The largest absolute Gasteiger partial charge is 0.573 e. The standard InChI is InChI=1S/C12H7F5O/c13-11(14)10-6-8(18-12(15,16)17)5-7-3-1-2-4-9(7)10/h1-6,11H. The van der Waals surface area contributed by atoms with Crippen LogP contribution in [0.3, 0.4) is 0 Å². The van der Waals surface area contributed by atoms with Gasteiger partial charge in [-0.05, 0) is 22.9 Å². The molecule has 1 nitrogen and oxygen atoms in total. The predicted octanol–water partition coefficient (Wildman–Crippen LogP) is 4.68. The average Bonchev–Trinajstić information content (AvgIpc) is 2.25. The highest BCUT2D eigenvalue weighted by molar-refractivity contribution is 5.87. The molecule has 0 amide bonds. The van der Waals surface area contributed by atoms with Crippen molar-refractivity contribution in [2.45, 2.75) is 12.8 Å². The Hall–Kier alpha value is -1.85. The van der Waals surface area contributed by atoms with Gasteiger partial charge in [-0.2, -0.15) is 0 Å². The first-order valence-electron chi connectivity index (χ1n) is 4.93. The molecule has 0 aliphatic rings. The molecular weight excluding hydrogens is 255 g/mol. The van der Waals surface area contributed by atoms with E-state index in [9.17, 15) is 22.0 Å². The minimum Gasteiger partial charge on any atom is -0.406 e. The van der Waals surface area contributed by atoms with E-state index in [4.69, 9.17) is 0 Å². The number of hydrogen-bond acceptors (Lipinski definition) is 1. The predicted molar refractivity (Wildman–Crippen MR) is 55.6 cm³/mol. The van der Waals surface area contributed by atoms with Crippen molar-refractivity contribution >= 4 is 10.8 Å². The summed E-state index contributed by atoms with van der Waals surface area (Å²) < 4.78 is 65.4.